The van der Waals surface area contributed by atoms with Gasteiger partial charge in [0.1, 0.15) is 6.61 Å². The highest BCUT2D eigenvalue weighted by atomic mass is 16.6. The van der Waals surface area contributed by atoms with E-state index in [0.717, 1.165) is 6.08 Å². The fourth-order valence-electron chi connectivity index (χ4n) is 1.75. The zero-order chi connectivity index (χ0) is 21.3. The Morgan fingerprint density at radius 2 is 0.828 bits per heavy atom. The molecule has 0 bridgehead atoms. The van der Waals surface area contributed by atoms with E-state index in [-0.39, 0.29) is 6.61 Å². The van der Waals surface area contributed by atoms with Crippen LogP contribution in [0.3, 0.4) is 0 Å². The summed E-state index contributed by atoms with van der Waals surface area (Å²) in [6.07, 6.45) is 2.82. The van der Waals surface area contributed by atoms with Gasteiger partial charge in [0.15, 0.2) is 0 Å². The van der Waals surface area contributed by atoms with Gasteiger partial charge in [0.25, 0.3) is 0 Å². The first kappa shape index (κ1) is 27.7. The van der Waals surface area contributed by atoms with Gasteiger partial charge < -0.3 is 37.9 Å². The molecular weight excluding hydrogens is 384 g/mol. The monoisotopic (exact) mass is 420 g/mol. The summed E-state index contributed by atoms with van der Waals surface area (Å²) in [6, 6.07) is 0. The maximum absolute atomic E-state index is 10.8. The van der Waals surface area contributed by atoms with Gasteiger partial charge in [0, 0.05) is 6.08 Å². The number of hydrogen-bond acceptors (Lipinski definition) is 9. The molecule has 0 atom stereocenters. The van der Waals surface area contributed by atoms with Crippen molar-refractivity contribution in [3.63, 3.8) is 0 Å². The minimum atomic E-state index is -0.454. The second kappa shape index (κ2) is 24.7. The Morgan fingerprint density at radius 3 is 1.14 bits per heavy atom. The van der Waals surface area contributed by atoms with Crippen LogP contribution >= 0.6 is 0 Å². The molecular formula is C20H36O9. The third-order valence-corrected chi connectivity index (χ3v) is 3.11. The molecule has 0 saturated heterocycles. The lowest BCUT2D eigenvalue weighted by molar-refractivity contribution is -0.139. The summed E-state index contributed by atoms with van der Waals surface area (Å²) in [5.41, 5.74) is 0. The van der Waals surface area contributed by atoms with Crippen molar-refractivity contribution in [3.05, 3.63) is 25.3 Å². The fourth-order valence-corrected chi connectivity index (χ4v) is 1.75. The van der Waals surface area contributed by atoms with Gasteiger partial charge in [0.05, 0.1) is 92.5 Å². The molecule has 9 nitrogen and oxygen atoms in total. The summed E-state index contributed by atoms with van der Waals surface area (Å²) >= 11 is 0. The molecule has 0 spiro atoms. The Labute approximate surface area is 173 Å². The second-order valence-electron chi connectivity index (χ2n) is 5.41. The van der Waals surface area contributed by atoms with E-state index in [4.69, 9.17) is 37.9 Å². The first-order chi connectivity index (χ1) is 14.3. The van der Waals surface area contributed by atoms with Crippen LogP contribution < -0.4 is 0 Å². The van der Waals surface area contributed by atoms with Crippen molar-refractivity contribution in [2.45, 2.75) is 0 Å². The van der Waals surface area contributed by atoms with Gasteiger partial charge >= 0.3 is 5.97 Å². The summed E-state index contributed by atoms with van der Waals surface area (Å²) in [5.74, 6) is -0.454. The fraction of sp³-hybridized carbons (Fsp3) is 0.750. The van der Waals surface area contributed by atoms with Crippen LogP contribution in [0.4, 0.5) is 0 Å². The Kier molecular flexibility index (Phi) is 23.6. The minimum Gasteiger partial charge on any atom is -0.460 e. The Hall–Kier alpha value is -1.33. The van der Waals surface area contributed by atoms with E-state index in [1.165, 1.54) is 0 Å². The van der Waals surface area contributed by atoms with Gasteiger partial charge in [-0.3, -0.25) is 0 Å². The number of carbonyl (C=O) groups excluding carboxylic acids is 1. The van der Waals surface area contributed by atoms with E-state index in [1.807, 2.05) is 0 Å². The third kappa shape index (κ3) is 24.6. The highest BCUT2D eigenvalue weighted by molar-refractivity contribution is 5.81. The lowest BCUT2D eigenvalue weighted by atomic mass is 10.6. The maximum atomic E-state index is 10.8. The summed E-state index contributed by atoms with van der Waals surface area (Å²) in [4.78, 5) is 10.8. The predicted octanol–water partition coefficient (Wildman–Crippen LogP) is 1.02. The molecule has 0 aromatic rings. The molecule has 0 amide bonds. The van der Waals surface area contributed by atoms with Crippen LogP contribution in [0.1, 0.15) is 0 Å². The maximum Gasteiger partial charge on any atom is 0.330 e. The molecule has 9 heteroatoms. The molecule has 0 heterocycles. The molecule has 0 unspecified atom stereocenters. The standard InChI is InChI=1S/C20H36O9/c1-3-5-22-6-7-23-8-9-24-10-11-25-12-13-26-14-15-27-16-17-28-18-19-29-20(21)4-2/h3-4H,1-2,5-19H2. The quantitative estimate of drug-likeness (QED) is 0.0982. The lowest BCUT2D eigenvalue weighted by Crippen LogP contribution is -2.15. The van der Waals surface area contributed by atoms with Crippen molar-refractivity contribution in [3.8, 4) is 0 Å². The van der Waals surface area contributed by atoms with Gasteiger partial charge in [-0.15, -0.1) is 6.58 Å². The topological polar surface area (TPSA) is 90.9 Å². The Balaban J connectivity index is 3.02. The molecule has 0 rings (SSSR count). The van der Waals surface area contributed by atoms with Crippen LogP contribution in [0.5, 0.6) is 0 Å². The smallest absolute Gasteiger partial charge is 0.330 e. The average Bonchev–Trinajstić information content (AvgIpc) is 2.74. The molecule has 0 aliphatic carbocycles. The highest BCUT2D eigenvalue weighted by Crippen LogP contribution is 1.86. The van der Waals surface area contributed by atoms with E-state index in [2.05, 4.69) is 13.2 Å². The molecule has 0 N–H and O–H groups in total. The van der Waals surface area contributed by atoms with Gasteiger partial charge in [-0.1, -0.05) is 12.7 Å². The summed E-state index contributed by atoms with van der Waals surface area (Å²) < 4.78 is 42.0. The van der Waals surface area contributed by atoms with Crippen molar-refractivity contribution < 1.29 is 42.7 Å². The largest absolute Gasteiger partial charge is 0.460 e. The number of ether oxygens (including phenoxy) is 8. The molecule has 0 fully saturated rings. The minimum absolute atomic E-state index is 0.207. The summed E-state index contributed by atoms with van der Waals surface area (Å²) in [6.45, 7) is 14.0. The average molecular weight is 420 g/mol. The van der Waals surface area contributed by atoms with Crippen molar-refractivity contribution in [2.75, 3.05) is 99.1 Å². The zero-order valence-electron chi connectivity index (χ0n) is 17.3. The molecule has 0 radical (unpaired) electrons. The van der Waals surface area contributed by atoms with Crippen LogP contribution in [0.2, 0.25) is 0 Å². The molecule has 29 heavy (non-hydrogen) atoms. The van der Waals surface area contributed by atoms with E-state index < -0.39 is 5.97 Å². The predicted molar refractivity (Wildman–Crippen MR) is 107 cm³/mol. The van der Waals surface area contributed by atoms with Gasteiger partial charge in [-0.25, -0.2) is 4.79 Å². The molecule has 0 aromatic carbocycles. The zero-order valence-corrected chi connectivity index (χ0v) is 17.3. The van der Waals surface area contributed by atoms with E-state index in [9.17, 15) is 4.79 Å². The highest BCUT2D eigenvalue weighted by Gasteiger charge is 1.96. The molecule has 170 valence electrons. The van der Waals surface area contributed by atoms with Crippen LogP contribution in [0.25, 0.3) is 0 Å². The summed E-state index contributed by atoms with van der Waals surface area (Å²) in [5, 5.41) is 0. The number of carbonyl (C=O) groups is 1. The van der Waals surface area contributed by atoms with Crippen LogP contribution in [-0.4, -0.2) is 105 Å². The number of hydrogen-bond donors (Lipinski definition) is 0. The van der Waals surface area contributed by atoms with Crippen molar-refractivity contribution in [2.24, 2.45) is 0 Å². The van der Waals surface area contributed by atoms with E-state index in [1.54, 1.807) is 6.08 Å². The second-order valence-corrected chi connectivity index (χ2v) is 5.41. The van der Waals surface area contributed by atoms with Crippen LogP contribution in [-0.2, 0) is 42.7 Å². The van der Waals surface area contributed by atoms with Gasteiger partial charge in [-0.2, -0.15) is 0 Å². The van der Waals surface area contributed by atoms with Gasteiger partial charge in [-0.05, 0) is 0 Å². The van der Waals surface area contributed by atoms with Gasteiger partial charge in [0.2, 0.25) is 0 Å². The molecule has 0 aromatic heterocycles. The first-order valence-electron chi connectivity index (χ1n) is 9.75. The molecule has 0 aliphatic heterocycles. The SMILES string of the molecule is C=CCOCCOCCOCCOCCOCCOCCOCCOC(=O)C=C. The van der Waals surface area contributed by atoms with E-state index in [0.29, 0.717) is 92.5 Å². The molecule has 0 aliphatic rings. The number of rotatable bonds is 24. The Morgan fingerprint density at radius 1 is 0.517 bits per heavy atom. The lowest BCUT2D eigenvalue weighted by Gasteiger charge is -2.08. The molecule has 0 saturated carbocycles. The van der Waals surface area contributed by atoms with Crippen LogP contribution in [0, 0.1) is 0 Å². The summed E-state index contributed by atoms with van der Waals surface area (Å²) in [7, 11) is 0. The first-order valence-corrected chi connectivity index (χ1v) is 9.75. The van der Waals surface area contributed by atoms with Crippen molar-refractivity contribution >= 4 is 5.97 Å². The Bertz CT molecular complexity index is 377. The number of esters is 1. The van der Waals surface area contributed by atoms with Crippen LogP contribution in [0.15, 0.2) is 25.3 Å². The van der Waals surface area contributed by atoms with Crippen molar-refractivity contribution in [1.29, 1.82) is 0 Å². The normalized spacial score (nSPS) is 10.8. The third-order valence-electron chi connectivity index (χ3n) is 3.11. The van der Waals surface area contributed by atoms with Crippen molar-refractivity contribution in [1.82, 2.24) is 0 Å². The van der Waals surface area contributed by atoms with E-state index >= 15 is 0 Å².